The number of morpholine rings is 1. The van der Waals surface area contributed by atoms with Gasteiger partial charge < -0.3 is 14.2 Å². The van der Waals surface area contributed by atoms with Crippen molar-refractivity contribution in [3.05, 3.63) is 64.3 Å². The Morgan fingerprint density at radius 1 is 1.09 bits per heavy atom. The molecular weight excluding hydrogens is 456 g/mol. The number of nitrogens with zero attached hydrogens (tertiary/aromatic N) is 3. The zero-order valence-electron chi connectivity index (χ0n) is 16.6. The number of hydrogen-bond acceptors (Lipinski definition) is 7. The minimum atomic E-state index is -4.11. The van der Waals surface area contributed by atoms with Crippen LogP contribution < -0.4 is 5.56 Å². The van der Waals surface area contributed by atoms with Crippen molar-refractivity contribution in [1.29, 1.82) is 0 Å². The van der Waals surface area contributed by atoms with Crippen LogP contribution in [0.4, 0.5) is 0 Å². The number of sulfonamides is 1. The number of H-pyrrole nitrogens is 1. The van der Waals surface area contributed by atoms with Crippen molar-refractivity contribution in [3.8, 4) is 22.5 Å². The highest BCUT2D eigenvalue weighted by Gasteiger charge is 2.33. The van der Waals surface area contributed by atoms with Crippen LogP contribution in [0.5, 0.6) is 0 Å². The van der Waals surface area contributed by atoms with Gasteiger partial charge in [0.15, 0.2) is 15.8 Å². The second kappa shape index (κ2) is 8.14. The topological polar surface area (TPSA) is 118 Å². The summed E-state index contributed by atoms with van der Waals surface area (Å²) in [6.07, 6.45) is 3.11. The zero-order chi connectivity index (χ0) is 22.3. The van der Waals surface area contributed by atoms with E-state index in [0.717, 1.165) is 0 Å². The third-order valence-electron chi connectivity index (χ3n) is 5.25. The van der Waals surface area contributed by atoms with Gasteiger partial charge in [0.05, 0.1) is 13.2 Å². The molecule has 0 unspecified atom stereocenters. The molecule has 3 aromatic heterocycles. The number of fused-ring (bicyclic) bond motifs is 1. The van der Waals surface area contributed by atoms with Crippen LogP contribution in [0.25, 0.3) is 33.4 Å². The molecule has 0 radical (unpaired) electrons. The van der Waals surface area contributed by atoms with E-state index in [1.807, 2.05) is 0 Å². The molecule has 1 saturated heterocycles. The van der Waals surface area contributed by atoms with E-state index in [-0.39, 0.29) is 41.9 Å². The van der Waals surface area contributed by atoms with Gasteiger partial charge in [0.25, 0.3) is 5.56 Å². The molecule has 164 valence electrons. The first kappa shape index (κ1) is 20.8. The fourth-order valence-corrected chi connectivity index (χ4v) is 5.57. The number of hydrogen-bond donors (Lipinski definition) is 1. The van der Waals surface area contributed by atoms with Crippen molar-refractivity contribution in [1.82, 2.24) is 19.4 Å². The summed E-state index contributed by atoms with van der Waals surface area (Å²) in [6.45, 7) is 0.873. The molecule has 5 rings (SSSR count). The molecule has 0 atom stereocenters. The maximum atomic E-state index is 13.6. The van der Waals surface area contributed by atoms with Crippen molar-refractivity contribution in [3.63, 3.8) is 0 Å². The van der Waals surface area contributed by atoms with Crippen molar-refractivity contribution in [2.45, 2.75) is 4.90 Å². The summed E-state index contributed by atoms with van der Waals surface area (Å²) >= 11 is 5.89. The largest absolute Gasteiger partial charge is 0.379 e. The van der Waals surface area contributed by atoms with Gasteiger partial charge in [-0.05, 0) is 24.3 Å². The van der Waals surface area contributed by atoms with Crippen LogP contribution in [-0.2, 0) is 14.8 Å². The van der Waals surface area contributed by atoms with E-state index in [4.69, 9.17) is 20.9 Å². The third-order valence-corrected chi connectivity index (χ3v) is 7.38. The normalized spacial score (nSPS) is 15.3. The summed E-state index contributed by atoms with van der Waals surface area (Å²) in [5.41, 5.74) is 1.19. The molecule has 0 bridgehead atoms. The lowest BCUT2D eigenvalue weighted by molar-refractivity contribution is 0.0730. The average Bonchev–Trinajstić information content (AvgIpc) is 3.25. The lowest BCUT2D eigenvalue weighted by Gasteiger charge is -2.27. The van der Waals surface area contributed by atoms with E-state index in [0.29, 0.717) is 27.8 Å². The first-order valence-corrected chi connectivity index (χ1v) is 11.6. The highest BCUT2D eigenvalue weighted by atomic mass is 35.5. The SMILES string of the molecule is O=c1[nH]c2ccc(-c3cc(Cl)no3)cc2c(-c2cccnc2)c1S(=O)(=O)N1CCOCC1. The number of aromatic nitrogens is 3. The number of ether oxygens (including phenoxy) is 1. The number of aromatic amines is 1. The average molecular weight is 473 g/mol. The van der Waals surface area contributed by atoms with Crippen LogP contribution in [0.2, 0.25) is 5.15 Å². The van der Waals surface area contributed by atoms with E-state index < -0.39 is 15.6 Å². The summed E-state index contributed by atoms with van der Waals surface area (Å²) < 4.78 is 39.0. The van der Waals surface area contributed by atoms with Gasteiger partial charge in [0.2, 0.25) is 10.0 Å². The highest BCUT2D eigenvalue weighted by molar-refractivity contribution is 7.89. The van der Waals surface area contributed by atoms with Gasteiger partial charge in [-0.15, -0.1) is 0 Å². The third kappa shape index (κ3) is 3.61. The van der Waals surface area contributed by atoms with Crippen LogP contribution in [0.1, 0.15) is 0 Å². The molecule has 1 aromatic carbocycles. The Labute approximate surface area is 187 Å². The van der Waals surface area contributed by atoms with Crippen LogP contribution in [0.15, 0.2) is 63.0 Å². The van der Waals surface area contributed by atoms with Crippen molar-refractivity contribution >= 4 is 32.5 Å². The molecule has 9 nitrogen and oxygen atoms in total. The second-order valence-corrected chi connectivity index (χ2v) is 9.45. The van der Waals surface area contributed by atoms with Gasteiger partial charge in [-0.1, -0.05) is 22.8 Å². The van der Waals surface area contributed by atoms with Crippen molar-refractivity contribution < 1.29 is 17.7 Å². The van der Waals surface area contributed by atoms with Gasteiger partial charge in [0.1, 0.15) is 0 Å². The fourth-order valence-electron chi connectivity index (χ4n) is 3.78. The van der Waals surface area contributed by atoms with E-state index in [2.05, 4.69) is 15.1 Å². The molecule has 0 spiro atoms. The van der Waals surface area contributed by atoms with Gasteiger partial charge in [-0.3, -0.25) is 9.78 Å². The predicted octanol–water partition coefficient (Wildman–Crippen LogP) is 2.92. The van der Waals surface area contributed by atoms with Crippen molar-refractivity contribution in [2.24, 2.45) is 0 Å². The second-order valence-electron chi connectivity index (χ2n) is 7.19. The number of benzene rings is 1. The quantitative estimate of drug-likeness (QED) is 0.485. The lowest BCUT2D eigenvalue weighted by Crippen LogP contribution is -2.42. The molecule has 4 aromatic rings. The first-order valence-electron chi connectivity index (χ1n) is 9.76. The smallest absolute Gasteiger partial charge is 0.269 e. The molecule has 0 saturated carbocycles. The first-order chi connectivity index (χ1) is 15.4. The van der Waals surface area contributed by atoms with E-state index in [1.54, 1.807) is 42.6 Å². The summed E-state index contributed by atoms with van der Waals surface area (Å²) in [5.74, 6) is 0.415. The van der Waals surface area contributed by atoms with E-state index in [9.17, 15) is 13.2 Å². The molecule has 1 aliphatic rings. The minimum Gasteiger partial charge on any atom is -0.379 e. The monoisotopic (exact) mass is 472 g/mol. The predicted molar refractivity (Wildman–Crippen MR) is 118 cm³/mol. The zero-order valence-corrected chi connectivity index (χ0v) is 18.2. The van der Waals surface area contributed by atoms with E-state index >= 15 is 0 Å². The van der Waals surface area contributed by atoms with Crippen molar-refractivity contribution in [2.75, 3.05) is 26.3 Å². The molecule has 11 heteroatoms. The molecule has 1 N–H and O–H groups in total. The van der Waals surface area contributed by atoms with Crippen LogP contribution in [-0.4, -0.2) is 54.2 Å². The Bertz CT molecular complexity index is 1460. The molecule has 0 aliphatic carbocycles. The Morgan fingerprint density at radius 2 is 1.91 bits per heavy atom. The summed E-state index contributed by atoms with van der Waals surface area (Å²) in [5, 5.41) is 4.42. The summed E-state index contributed by atoms with van der Waals surface area (Å²) in [7, 11) is -4.11. The summed E-state index contributed by atoms with van der Waals surface area (Å²) in [4.78, 5) is 19.6. The Morgan fingerprint density at radius 3 is 2.59 bits per heavy atom. The lowest BCUT2D eigenvalue weighted by atomic mass is 10.00. The Hall–Kier alpha value is -3.05. The minimum absolute atomic E-state index is 0.170. The molecule has 4 heterocycles. The number of pyridine rings is 2. The van der Waals surface area contributed by atoms with Gasteiger partial charge >= 0.3 is 0 Å². The highest BCUT2D eigenvalue weighted by Crippen LogP contribution is 2.35. The summed E-state index contributed by atoms with van der Waals surface area (Å²) in [6, 6.07) is 10.1. The van der Waals surface area contributed by atoms with Crippen LogP contribution >= 0.6 is 11.6 Å². The van der Waals surface area contributed by atoms with E-state index in [1.165, 1.54) is 10.5 Å². The Kier molecular flexibility index (Phi) is 5.30. The Balaban J connectivity index is 1.83. The maximum Gasteiger partial charge on any atom is 0.269 e. The van der Waals surface area contributed by atoms with Crippen LogP contribution in [0, 0.1) is 0 Å². The molecule has 32 heavy (non-hydrogen) atoms. The number of halogens is 1. The fraction of sp³-hybridized carbons (Fsp3) is 0.190. The molecule has 1 aliphatic heterocycles. The molecule has 1 fully saturated rings. The van der Waals surface area contributed by atoms with Gasteiger partial charge in [0, 0.05) is 59.1 Å². The number of rotatable bonds is 4. The number of nitrogens with one attached hydrogen (secondary N) is 1. The standard InChI is InChI=1S/C21H17ClN4O5S/c22-18-11-17(31-25-18)13-3-4-16-15(10-13)19(14-2-1-5-23-12-14)20(21(27)24-16)32(28,29)26-6-8-30-9-7-26/h1-5,10-12H,6-9H2,(H,24,27). The van der Waals surface area contributed by atoms with Crippen LogP contribution in [0.3, 0.4) is 0 Å². The maximum absolute atomic E-state index is 13.6. The molecular formula is C21H17ClN4O5S. The molecule has 0 amide bonds. The van der Waals surface area contributed by atoms with Gasteiger partial charge in [-0.25, -0.2) is 8.42 Å². The van der Waals surface area contributed by atoms with Gasteiger partial charge in [-0.2, -0.15) is 4.31 Å².